The summed E-state index contributed by atoms with van der Waals surface area (Å²) < 4.78 is 1.00. The van der Waals surface area contributed by atoms with Crippen LogP contribution in [0.2, 0.25) is 0 Å². The summed E-state index contributed by atoms with van der Waals surface area (Å²) in [4.78, 5) is 22.7. The summed E-state index contributed by atoms with van der Waals surface area (Å²) in [6, 6.07) is 13.7. The van der Waals surface area contributed by atoms with Gasteiger partial charge < -0.3 is 10.4 Å². The van der Waals surface area contributed by atoms with Gasteiger partial charge in [-0.25, -0.2) is 4.79 Å². The van der Waals surface area contributed by atoms with Crippen LogP contribution >= 0.6 is 22.6 Å². The zero-order chi connectivity index (χ0) is 14.5. The van der Waals surface area contributed by atoms with Crippen LogP contribution in [0.15, 0.2) is 48.5 Å². The van der Waals surface area contributed by atoms with Crippen LogP contribution in [0.5, 0.6) is 0 Å². The van der Waals surface area contributed by atoms with Gasteiger partial charge in [-0.2, -0.15) is 0 Å². The number of hydrogen-bond donors (Lipinski definition) is 2. The predicted octanol–water partition coefficient (Wildman–Crippen LogP) is 2.92. The van der Waals surface area contributed by atoms with E-state index in [4.69, 9.17) is 5.11 Å². The molecule has 0 saturated heterocycles. The molecule has 0 unspecified atom stereocenters. The molecule has 4 nitrogen and oxygen atoms in total. The van der Waals surface area contributed by atoms with Gasteiger partial charge in [-0.3, -0.25) is 4.79 Å². The van der Waals surface area contributed by atoms with Crippen molar-refractivity contribution in [2.45, 2.75) is 6.54 Å². The van der Waals surface area contributed by atoms with E-state index in [2.05, 4.69) is 27.9 Å². The van der Waals surface area contributed by atoms with Crippen LogP contribution in [0.1, 0.15) is 26.3 Å². The first-order chi connectivity index (χ1) is 9.56. The van der Waals surface area contributed by atoms with E-state index in [9.17, 15) is 9.59 Å². The lowest BCUT2D eigenvalue weighted by atomic mass is 10.1. The number of amides is 1. The fraction of sp³-hybridized carbons (Fsp3) is 0.0667. The summed E-state index contributed by atoms with van der Waals surface area (Å²) in [6.07, 6.45) is 0. The fourth-order valence-electron chi connectivity index (χ4n) is 1.68. The molecule has 0 aliphatic heterocycles. The first kappa shape index (κ1) is 14.5. The molecule has 0 saturated carbocycles. The van der Waals surface area contributed by atoms with Crippen molar-refractivity contribution in [2.24, 2.45) is 0 Å². The highest BCUT2D eigenvalue weighted by molar-refractivity contribution is 14.1. The van der Waals surface area contributed by atoms with Gasteiger partial charge in [0.05, 0.1) is 5.56 Å². The topological polar surface area (TPSA) is 66.4 Å². The Morgan fingerprint density at radius 2 is 1.75 bits per heavy atom. The predicted molar refractivity (Wildman–Crippen MR) is 83.7 cm³/mol. The van der Waals surface area contributed by atoms with E-state index in [0.29, 0.717) is 12.1 Å². The van der Waals surface area contributed by atoms with Crippen LogP contribution in [-0.2, 0) is 6.54 Å². The summed E-state index contributed by atoms with van der Waals surface area (Å²) in [6.45, 7) is 0.365. The SMILES string of the molecule is O=C(O)c1ccc(CNC(=O)c2cccc(I)c2)cc1. The summed E-state index contributed by atoms with van der Waals surface area (Å²) in [5.74, 6) is -1.11. The first-order valence-corrected chi connectivity index (χ1v) is 7.00. The lowest BCUT2D eigenvalue weighted by molar-refractivity contribution is 0.0696. The molecule has 0 aliphatic rings. The molecule has 102 valence electrons. The highest BCUT2D eigenvalue weighted by Gasteiger charge is 2.06. The van der Waals surface area contributed by atoms with Gasteiger partial charge in [0.25, 0.3) is 5.91 Å². The van der Waals surface area contributed by atoms with Crippen molar-refractivity contribution in [3.63, 3.8) is 0 Å². The number of carboxylic acids is 1. The Labute approximate surface area is 130 Å². The lowest BCUT2D eigenvalue weighted by Crippen LogP contribution is -2.22. The molecule has 0 bridgehead atoms. The van der Waals surface area contributed by atoms with Crippen LogP contribution in [0.3, 0.4) is 0 Å². The molecule has 0 radical (unpaired) electrons. The van der Waals surface area contributed by atoms with Crippen LogP contribution < -0.4 is 5.32 Å². The molecule has 1 amide bonds. The molecular weight excluding hydrogens is 369 g/mol. The van der Waals surface area contributed by atoms with E-state index < -0.39 is 5.97 Å². The van der Waals surface area contributed by atoms with Crippen molar-refractivity contribution in [3.05, 3.63) is 68.8 Å². The molecule has 20 heavy (non-hydrogen) atoms. The van der Waals surface area contributed by atoms with Gasteiger partial charge >= 0.3 is 5.97 Å². The number of carboxylic acid groups (broad SMARTS) is 1. The number of hydrogen-bond acceptors (Lipinski definition) is 2. The maximum absolute atomic E-state index is 11.9. The molecule has 2 rings (SSSR count). The molecule has 2 N–H and O–H groups in total. The van der Waals surface area contributed by atoms with Crippen molar-refractivity contribution < 1.29 is 14.7 Å². The maximum atomic E-state index is 11.9. The van der Waals surface area contributed by atoms with Gasteiger partial charge in [0.15, 0.2) is 0 Å². The van der Waals surface area contributed by atoms with E-state index in [-0.39, 0.29) is 11.5 Å². The molecule has 2 aromatic carbocycles. The molecule has 0 spiro atoms. The van der Waals surface area contributed by atoms with Crippen molar-refractivity contribution >= 4 is 34.5 Å². The average molecular weight is 381 g/mol. The molecule has 0 atom stereocenters. The number of halogens is 1. The van der Waals surface area contributed by atoms with E-state index in [1.165, 1.54) is 12.1 Å². The number of carbonyl (C=O) groups excluding carboxylic acids is 1. The van der Waals surface area contributed by atoms with Crippen molar-refractivity contribution in [3.8, 4) is 0 Å². The van der Waals surface area contributed by atoms with E-state index in [1.54, 1.807) is 18.2 Å². The summed E-state index contributed by atoms with van der Waals surface area (Å²) in [5, 5.41) is 11.6. The first-order valence-electron chi connectivity index (χ1n) is 5.92. The standard InChI is InChI=1S/C15H12INO3/c16-13-3-1-2-12(8-13)14(18)17-9-10-4-6-11(7-5-10)15(19)20/h1-8H,9H2,(H,17,18)(H,19,20). The fourth-order valence-corrected chi connectivity index (χ4v) is 2.22. The minimum absolute atomic E-state index is 0.147. The van der Waals surface area contributed by atoms with E-state index in [1.807, 2.05) is 18.2 Å². The lowest BCUT2D eigenvalue weighted by Gasteiger charge is -2.06. The van der Waals surface area contributed by atoms with Crippen molar-refractivity contribution in [1.29, 1.82) is 0 Å². The van der Waals surface area contributed by atoms with Crippen LogP contribution in [0.25, 0.3) is 0 Å². The Hall–Kier alpha value is -1.89. The summed E-state index contributed by atoms with van der Waals surface area (Å²) in [5.41, 5.74) is 1.70. The molecule has 2 aromatic rings. The quantitative estimate of drug-likeness (QED) is 0.801. The molecule has 0 aliphatic carbocycles. The number of aromatic carboxylic acids is 1. The van der Waals surface area contributed by atoms with Crippen LogP contribution in [0, 0.1) is 3.57 Å². The smallest absolute Gasteiger partial charge is 0.335 e. The maximum Gasteiger partial charge on any atom is 0.335 e. The molecule has 0 aromatic heterocycles. The second kappa shape index (κ2) is 6.51. The average Bonchev–Trinajstić information content (AvgIpc) is 2.45. The highest BCUT2D eigenvalue weighted by Crippen LogP contribution is 2.08. The monoisotopic (exact) mass is 381 g/mol. The van der Waals surface area contributed by atoms with Gasteiger partial charge in [0.2, 0.25) is 0 Å². The Bertz CT molecular complexity index is 638. The Balaban J connectivity index is 1.98. The third kappa shape index (κ3) is 3.80. The second-order valence-electron chi connectivity index (χ2n) is 4.20. The molecular formula is C15H12INO3. The minimum Gasteiger partial charge on any atom is -0.478 e. The number of rotatable bonds is 4. The van der Waals surface area contributed by atoms with Crippen molar-refractivity contribution in [1.82, 2.24) is 5.32 Å². The minimum atomic E-state index is -0.959. The van der Waals surface area contributed by atoms with Gasteiger partial charge in [0, 0.05) is 15.7 Å². The Morgan fingerprint density at radius 1 is 1.05 bits per heavy atom. The summed E-state index contributed by atoms with van der Waals surface area (Å²) >= 11 is 2.15. The zero-order valence-electron chi connectivity index (χ0n) is 10.5. The highest BCUT2D eigenvalue weighted by atomic mass is 127. The second-order valence-corrected chi connectivity index (χ2v) is 5.44. The number of carbonyl (C=O) groups is 2. The van der Waals surface area contributed by atoms with Crippen LogP contribution in [0.4, 0.5) is 0 Å². The Morgan fingerprint density at radius 3 is 2.35 bits per heavy atom. The third-order valence-electron chi connectivity index (χ3n) is 2.74. The summed E-state index contributed by atoms with van der Waals surface area (Å²) in [7, 11) is 0. The normalized spacial score (nSPS) is 10.1. The molecule has 0 heterocycles. The van der Waals surface area contributed by atoms with Gasteiger partial charge in [-0.1, -0.05) is 18.2 Å². The van der Waals surface area contributed by atoms with Gasteiger partial charge in [-0.05, 0) is 58.5 Å². The number of benzene rings is 2. The largest absolute Gasteiger partial charge is 0.478 e. The van der Waals surface area contributed by atoms with E-state index in [0.717, 1.165) is 9.13 Å². The van der Waals surface area contributed by atoms with Crippen LogP contribution in [-0.4, -0.2) is 17.0 Å². The van der Waals surface area contributed by atoms with E-state index >= 15 is 0 Å². The molecule has 0 fully saturated rings. The van der Waals surface area contributed by atoms with Gasteiger partial charge in [0.1, 0.15) is 0 Å². The van der Waals surface area contributed by atoms with Gasteiger partial charge in [-0.15, -0.1) is 0 Å². The molecule has 5 heteroatoms. The number of nitrogens with one attached hydrogen (secondary N) is 1. The third-order valence-corrected chi connectivity index (χ3v) is 3.41. The Kier molecular flexibility index (Phi) is 4.73. The zero-order valence-corrected chi connectivity index (χ0v) is 12.6. The van der Waals surface area contributed by atoms with Crippen molar-refractivity contribution in [2.75, 3.05) is 0 Å².